The standard InChI is InChI=1S/C15H13Cl4N/c1-2-15(13-4-3-9(16)8-14(13)19)20-12-6-10(17)5-11(18)7-12/h3-8,15,20H,2H2,1H3. The van der Waals surface area contributed by atoms with Crippen LogP contribution in [0.4, 0.5) is 5.69 Å². The van der Waals surface area contributed by atoms with Crippen molar-refractivity contribution in [3.63, 3.8) is 0 Å². The molecule has 2 aromatic carbocycles. The molecule has 106 valence electrons. The lowest BCUT2D eigenvalue weighted by Crippen LogP contribution is -2.10. The minimum Gasteiger partial charge on any atom is -0.378 e. The Bertz CT molecular complexity index is 593. The molecule has 2 aromatic rings. The zero-order valence-electron chi connectivity index (χ0n) is 10.8. The SMILES string of the molecule is CCC(Nc1cc(Cl)cc(Cl)c1)c1ccc(Cl)cc1Cl. The van der Waals surface area contributed by atoms with Crippen LogP contribution < -0.4 is 5.32 Å². The van der Waals surface area contributed by atoms with Gasteiger partial charge in [-0.2, -0.15) is 0 Å². The van der Waals surface area contributed by atoms with E-state index in [1.807, 2.05) is 24.3 Å². The first-order valence-corrected chi connectivity index (χ1v) is 7.68. The topological polar surface area (TPSA) is 12.0 Å². The van der Waals surface area contributed by atoms with E-state index >= 15 is 0 Å². The number of hydrogen-bond donors (Lipinski definition) is 1. The van der Waals surface area contributed by atoms with Crippen LogP contribution in [0.1, 0.15) is 24.9 Å². The highest BCUT2D eigenvalue weighted by Crippen LogP contribution is 2.32. The Morgan fingerprint density at radius 1 is 0.900 bits per heavy atom. The molecule has 1 nitrogen and oxygen atoms in total. The molecule has 0 bridgehead atoms. The zero-order chi connectivity index (χ0) is 14.7. The van der Waals surface area contributed by atoms with Crippen molar-refractivity contribution in [1.29, 1.82) is 0 Å². The molecule has 2 rings (SSSR count). The average molecular weight is 349 g/mol. The lowest BCUT2D eigenvalue weighted by Gasteiger charge is -2.20. The second-order valence-corrected chi connectivity index (χ2v) is 6.15. The second-order valence-electron chi connectivity index (χ2n) is 4.43. The van der Waals surface area contributed by atoms with Gasteiger partial charge in [0.15, 0.2) is 0 Å². The molecule has 1 atom stereocenters. The summed E-state index contributed by atoms with van der Waals surface area (Å²) in [5.41, 5.74) is 1.86. The number of hydrogen-bond acceptors (Lipinski definition) is 1. The van der Waals surface area contributed by atoms with Gasteiger partial charge in [0, 0.05) is 25.8 Å². The summed E-state index contributed by atoms with van der Waals surface area (Å²) in [7, 11) is 0. The zero-order valence-corrected chi connectivity index (χ0v) is 13.8. The first-order valence-electron chi connectivity index (χ1n) is 6.17. The fourth-order valence-corrected chi connectivity index (χ4v) is 3.09. The molecule has 0 aliphatic heterocycles. The van der Waals surface area contributed by atoms with E-state index < -0.39 is 0 Å². The molecule has 0 aliphatic rings. The van der Waals surface area contributed by atoms with Gasteiger partial charge >= 0.3 is 0 Å². The van der Waals surface area contributed by atoms with Crippen LogP contribution in [0.5, 0.6) is 0 Å². The second kappa shape index (κ2) is 6.91. The van der Waals surface area contributed by atoms with Crippen molar-refractivity contribution in [3.05, 3.63) is 62.1 Å². The average Bonchev–Trinajstić information content (AvgIpc) is 2.35. The summed E-state index contributed by atoms with van der Waals surface area (Å²) in [5, 5.41) is 5.85. The van der Waals surface area contributed by atoms with Gasteiger partial charge in [-0.1, -0.05) is 59.4 Å². The van der Waals surface area contributed by atoms with Crippen molar-refractivity contribution in [2.24, 2.45) is 0 Å². The summed E-state index contributed by atoms with van der Waals surface area (Å²) < 4.78 is 0. The lowest BCUT2D eigenvalue weighted by atomic mass is 10.0. The number of rotatable bonds is 4. The van der Waals surface area contributed by atoms with Crippen LogP contribution in [0, 0.1) is 0 Å². The van der Waals surface area contributed by atoms with Crippen molar-refractivity contribution in [2.45, 2.75) is 19.4 Å². The van der Waals surface area contributed by atoms with Crippen molar-refractivity contribution in [2.75, 3.05) is 5.32 Å². The van der Waals surface area contributed by atoms with Gasteiger partial charge in [-0.25, -0.2) is 0 Å². The maximum absolute atomic E-state index is 6.26. The molecule has 0 saturated carbocycles. The minimum atomic E-state index is 0.0642. The van der Waals surface area contributed by atoms with Crippen molar-refractivity contribution in [1.82, 2.24) is 0 Å². The molecule has 1 N–H and O–H groups in total. The predicted molar refractivity (Wildman–Crippen MR) is 89.6 cm³/mol. The molecular formula is C15H13Cl4N. The molecule has 20 heavy (non-hydrogen) atoms. The van der Waals surface area contributed by atoms with Gasteiger partial charge < -0.3 is 5.32 Å². The molecule has 0 radical (unpaired) electrons. The Hall–Kier alpha value is -0.600. The number of halogens is 4. The van der Waals surface area contributed by atoms with Crippen LogP contribution in [-0.4, -0.2) is 0 Å². The normalized spacial score (nSPS) is 12.2. The van der Waals surface area contributed by atoms with Gasteiger partial charge in [0.1, 0.15) is 0 Å². The van der Waals surface area contributed by atoms with Crippen molar-refractivity contribution in [3.8, 4) is 0 Å². The number of anilines is 1. The van der Waals surface area contributed by atoms with E-state index in [1.54, 1.807) is 12.1 Å². The molecule has 0 amide bonds. The molecule has 0 heterocycles. The molecule has 0 saturated heterocycles. The maximum Gasteiger partial charge on any atom is 0.0525 e. The maximum atomic E-state index is 6.26. The number of nitrogens with one attached hydrogen (secondary N) is 1. The third-order valence-corrected chi connectivity index (χ3v) is 3.95. The Morgan fingerprint density at radius 2 is 1.55 bits per heavy atom. The van der Waals surface area contributed by atoms with Crippen molar-refractivity contribution < 1.29 is 0 Å². The monoisotopic (exact) mass is 347 g/mol. The highest BCUT2D eigenvalue weighted by molar-refractivity contribution is 6.35. The van der Waals surface area contributed by atoms with E-state index in [1.165, 1.54) is 0 Å². The summed E-state index contributed by atoms with van der Waals surface area (Å²) in [6.07, 6.45) is 0.867. The number of benzene rings is 2. The smallest absolute Gasteiger partial charge is 0.0525 e. The van der Waals surface area contributed by atoms with E-state index in [9.17, 15) is 0 Å². The minimum absolute atomic E-state index is 0.0642. The molecule has 0 spiro atoms. The van der Waals surface area contributed by atoms with Gasteiger partial charge in [0.05, 0.1) is 6.04 Å². The summed E-state index contributed by atoms with van der Waals surface area (Å²) in [6, 6.07) is 10.9. The van der Waals surface area contributed by atoms with E-state index in [0.29, 0.717) is 20.1 Å². The Morgan fingerprint density at radius 3 is 2.10 bits per heavy atom. The fourth-order valence-electron chi connectivity index (χ4n) is 2.02. The summed E-state index contributed by atoms with van der Waals surface area (Å²) in [6.45, 7) is 2.08. The van der Waals surface area contributed by atoms with Crippen LogP contribution in [-0.2, 0) is 0 Å². The van der Waals surface area contributed by atoms with E-state index in [2.05, 4.69) is 12.2 Å². The molecular weight excluding hydrogens is 336 g/mol. The third kappa shape index (κ3) is 3.95. The van der Waals surface area contributed by atoms with Gasteiger partial charge in [0.2, 0.25) is 0 Å². The highest BCUT2D eigenvalue weighted by Gasteiger charge is 2.13. The van der Waals surface area contributed by atoms with E-state index in [-0.39, 0.29) is 6.04 Å². The Kier molecular flexibility index (Phi) is 5.45. The summed E-state index contributed by atoms with van der Waals surface area (Å²) >= 11 is 24.2. The summed E-state index contributed by atoms with van der Waals surface area (Å²) in [4.78, 5) is 0. The van der Waals surface area contributed by atoms with Gasteiger partial charge in [-0.3, -0.25) is 0 Å². The lowest BCUT2D eigenvalue weighted by molar-refractivity contribution is 0.750. The molecule has 0 fully saturated rings. The third-order valence-electron chi connectivity index (χ3n) is 2.95. The quantitative estimate of drug-likeness (QED) is 0.636. The van der Waals surface area contributed by atoms with Crippen LogP contribution in [0.2, 0.25) is 20.1 Å². The first kappa shape index (κ1) is 15.8. The first-order chi connectivity index (χ1) is 9.49. The van der Waals surface area contributed by atoms with Crippen LogP contribution in [0.15, 0.2) is 36.4 Å². The van der Waals surface area contributed by atoms with Gasteiger partial charge in [-0.15, -0.1) is 0 Å². The molecule has 0 aromatic heterocycles. The fraction of sp³-hybridized carbons (Fsp3) is 0.200. The molecule has 1 unspecified atom stereocenters. The van der Waals surface area contributed by atoms with Crippen molar-refractivity contribution >= 4 is 52.1 Å². The van der Waals surface area contributed by atoms with Crippen LogP contribution in [0.3, 0.4) is 0 Å². The van der Waals surface area contributed by atoms with E-state index in [0.717, 1.165) is 17.7 Å². The highest BCUT2D eigenvalue weighted by atomic mass is 35.5. The Balaban J connectivity index is 2.28. The molecule has 0 aliphatic carbocycles. The van der Waals surface area contributed by atoms with Crippen LogP contribution in [0.25, 0.3) is 0 Å². The Labute approximate surface area is 138 Å². The van der Waals surface area contributed by atoms with Crippen LogP contribution >= 0.6 is 46.4 Å². The van der Waals surface area contributed by atoms with E-state index in [4.69, 9.17) is 46.4 Å². The van der Waals surface area contributed by atoms with Gasteiger partial charge in [0.25, 0.3) is 0 Å². The molecule has 5 heteroatoms. The largest absolute Gasteiger partial charge is 0.378 e. The van der Waals surface area contributed by atoms with Gasteiger partial charge in [-0.05, 0) is 42.3 Å². The predicted octanol–water partition coefficient (Wildman–Crippen LogP) is 6.86. The summed E-state index contributed by atoms with van der Waals surface area (Å²) in [5.74, 6) is 0.